The van der Waals surface area contributed by atoms with Crippen LogP contribution < -0.4 is 0 Å². The smallest absolute Gasteiger partial charge is 0.323 e. The topological polar surface area (TPSA) is 32.8 Å². The SMILES string of the molecule is CCOC(=O)[C@H](C)N1CCN(Cc2ccccc2)CC1. The summed E-state index contributed by atoms with van der Waals surface area (Å²) in [5.41, 5.74) is 1.35. The highest BCUT2D eigenvalue weighted by molar-refractivity contribution is 5.75. The minimum absolute atomic E-state index is 0.107. The molecule has 1 aliphatic rings. The Bertz CT molecular complexity index is 414. The van der Waals surface area contributed by atoms with Crippen molar-refractivity contribution in [1.82, 2.24) is 9.80 Å². The van der Waals surface area contributed by atoms with Gasteiger partial charge in [0.05, 0.1) is 6.61 Å². The number of nitrogens with zero attached hydrogens (tertiary/aromatic N) is 2. The maximum atomic E-state index is 11.7. The summed E-state index contributed by atoms with van der Waals surface area (Å²) >= 11 is 0. The van der Waals surface area contributed by atoms with E-state index in [4.69, 9.17) is 4.74 Å². The van der Waals surface area contributed by atoms with E-state index in [2.05, 4.69) is 34.1 Å². The summed E-state index contributed by atoms with van der Waals surface area (Å²) in [5, 5.41) is 0. The van der Waals surface area contributed by atoms with Gasteiger partial charge in [0, 0.05) is 32.7 Å². The van der Waals surface area contributed by atoms with Crippen molar-refractivity contribution in [2.75, 3.05) is 32.8 Å². The van der Waals surface area contributed by atoms with E-state index < -0.39 is 0 Å². The van der Waals surface area contributed by atoms with Crippen LogP contribution in [0.1, 0.15) is 19.4 Å². The number of esters is 1. The molecule has 0 bridgehead atoms. The van der Waals surface area contributed by atoms with E-state index >= 15 is 0 Å². The van der Waals surface area contributed by atoms with E-state index in [0.29, 0.717) is 6.61 Å². The Labute approximate surface area is 121 Å². The molecule has 0 aliphatic carbocycles. The third kappa shape index (κ3) is 4.05. The molecular weight excluding hydrogens is 252 g/mol. The Morgan fingerprint density at radius 1 is 1.20 bits per heavy atom. The van der Waals surface area contributed by atoms with Crippen molar-refractivity contribution in [2.24, 2.45) is 0 Å². The first-order valence-electron chi connectivity index (χ1n) is 7.37. The fourth-order valence-electron chi connectivity index (χ4n) is 2.56. The number of carbonyl (C=O) groups is 1. The molecule has 1 fully saturated rings. The zero-order chi connectivity index (χ0) is 14.4. The van der Waals surface area contributed by atoms with Crippen molar-refractivity contribution in [3.05, 3.63) is 35.9 Å². The molecular formula is C16H24N2O2. The summed E-state index contributed by atoms with van der Waals surface area (Å²) in [5.74, 6) is -0.107. The second-order valence-corrected chi connectivity index (χ2v) is 5.23. The fourth-order valence-corrected chi connectivity index (χ4v) is 2.56. The summed E-state index contributed by atoms with van der Waals surface area (Å²) in [6, 6.07) is 10.4. The Morgan fingerprint density at radius 2 is 1.85 bits per heavy atom. The zero-order valence-electron chi connectivity index (χ0n) is 12.4. The molecule has 0 amide bonds. The second-order valence-electron chi connectivity index (χ2n) is 5.23. The average molecular weight is 276 g/mol. The molecule has 1 aliphatic heterocycles. The standard InChI is InChI=1S/C16H24N2O2/c1-3-20-16(19)14(2)18-11-9-17(10-12-18)13-15-7-5-4-6-8-15/h4-8,14H,3,9-13H2,1-2H3/t14-/m0/s1. The Hall–Kier alpha value is -1.39. The maximum Gasteiger partial charge on any atom is 0.323 e. The van der Waals surface area contributed by atoms with Gasteiger partial charge in [-0.15, -0.1) is 0 Å². The number of hydrogen-bond donors (Lipinski definition) is 0. The molecule has 1 heterocycles. The number of carbonyl (C=O) groups excluding carboxylic acids is 1. The largest absolute Gasteiger partial charge is 0.465 e. The lowest BCUT2D eigenvalue weighted by molar-refractivity contribution is -0.149. The number of rotatable bonds is 5. The first kappa shape index (κ1) is 15.0. The summed E-state index contributed by atoms with van der Waals surface area (Å²) < 4.78 is 5.09. The molecule has 20 heavy (non-hydrogen) atoms. The van der Waals surface area contributed by atoms with Crippen LogP contribution in [0.2, 0.25) is 0 Å². The van der Waals surface area contributed by atoms with Crippen molar-refractivity contribution >= 4 is 5.97 Å². The Morgan fingerprint density at radius 3 is 2.45 bits per heavy atom. The monoisotopic (exact) mass is 276 g/mol. The van der Waals surface area contributed by atoms with E-state index in [-0.39, 0.29) is 12.0 Å². The fraction of sp³-hybridized carbons (Fsp3) is 0.562. The van der Waals surface area contributed by atoms with Gasteiger partial charge in [-0.1, -0.05) is 30.3 Å². The molecule has 1 saturated heterocycles. The lowest BCUT2D eigenvalue weighted by atomic mass is 10.2. The molecule has 1 aromatic rings. The van der Waals surface area contributed by atoms with E-state index in [9.17, 15) is 4.79 Å². The Kier molecular flexibility index (Phi) is 5.56. The van der Waals surface area contributed by atoms with Gasteiger partial charge in [-0.25, -0.2) is 0 Å². The maximum absolute atomic E-state index is 11.7. The van der Waals surface area contributed by atoms with Gasteiger partial charge in [0.1, 0.15) is 6.04 Å². The van der Waals surface area contributed by atoms with Gasteiger partial charge in [0.15, 0.2) is 0 Å². The molecule has 2 rings (SSSR count). The normalized spacial score (nSPS) is 18.7. The molecule has 0 saturated carbocycles. The molecule has 0 radical (unpaired) electrons. The van der Waals surface area contributed by atoms with E-state index in [1.54, 1.807) is 0 Å². The van der Waals surface area contributed by atoms with Crippen molar-refractivity contribution in [3.8, 4) is 0 Å². The summed E-state index contributed by atoms with van der Waals surface area (Å²) in [7, 11) is 0. The van der Waals surface area contributed by atoms with Crippen molar-refractivity contribution < 1.29 is 9.53 Å². The predicted octanol–water partition coefficient (Wildman–Crippen LogP) is 1.76. The molecule has 110 valence electrons. The lowest BCUT2D eigenvalue weighted by Crippen LogP contribution is -2.51. The van der Waals surface area contributed by atoms with Gasteiger partial charge in [0.25, 0.3) is 0 Å². The molecule has 4 heteroatoms. The van der Waals surface area contributed by atoms with Crippen LogP contribution in [0, 0.1) is 0 Å². The van der Waals surface area contributed by atoms with Crippen LogP contribution in [0.5, 0.6) is 0 Å². The van der Waals surface area contributed by atoms with Gasteiger partial charge < -0.3 is 4.74 Å². The van der Waals surface area contributed by atoms with Gasteiger partial charge >= 0.3 is 5.97 Å². The van der Waals surface area contributed by atoms with Gasteiger partial charge in [-0.3, -0.25) is 14.6 Å². The average Bonchev–Trinajstić information content (AvgIpc) is 2.48. The second kappa shape index (κ2) is 7.41. The van der Waals surface area contributed by atoms with Crippen molar-refractivity contribution in [2.45, 2.75) is 26.4 Å². The Balaban J connectivity index is 1.79. The molecule has 1 aromatic carbocycles. The highest BCUT2D eigenvalue weighted by Crippen LogP contribution is 2.11. The molecule has 0 N–H and O–H groups in total. The van der Waals surface area contributed by atoms with Crippen LogP contribution in [-0.2, 0) is 16.1 Å². The minimum Gasteiger partial charge on any atom is -0.465 e. The van der Waals surface area contributed by atoms with Crippen LogP contribution in [0.3, 0.4) is 0 Å². The van der Waals surface area contributed by atoms with E-state index in [1.165, 1.54) is 5.56 Å². The first-order chi connectivity index (χ1) is 9.70. The minimum atomic E-state index is -0.131. The number of benzene rings is 1. The molecule has 0 spiro atoms. The van der Waals surface area contributed by atoms with E-state index in [0.717, 1.165) is 32.7 Å². The van der Waals surface area contributed by atoms with Crippen LogP contribution in [0.25, 0.3) is 0 Å². The number of piperazine rings is 1. The summed E-state index contributed by atoms with van der Waals surface area (Å²) in [6.45, 7) is 9.07. The van der Waals surface area contributed by atoms with Gasteiger partial charge in [-0.2, -0.15) is 0 Å². The lowest BCUT2D eigenvalue weighted by Gasteiger charge is -2.37. The van der Waals surface area contributed by atoms with Crippen molar-refractivity contribution in [1.29, 1.82) is 0 Å². The van der Waals surface area contributed by atoms with Crippen LogP contribution in [-0.4, -0.2) is 54.6 Å². The zero-order valence-corrected chi connectivity index (χ0v) is 12.4. The molecule has 1 atom stereocenters. The third-order valence-corrected chi connectivity index (χ3v) is 3.83. The van der Waals surface area contributed by atoms with Gasteiger partial charge in [-0.05, 0) is 19.4 Å². The van der Waals surface area contributed by atoms with Crippen molar-refractivity contribution in [3.63, 3.8) is 0 Å². The van der Waals surface area contributed by atoms with E-state index in [1.807, 2.05) is 19.9 Å². The molecule has 4 nitrogen and oxygen atoms in total. The first-order valence-corrected chi connectivity index (χ1v) is 7.37. The molecule has 0 unspecified atom stereocenters. The summed E-state index contributed by atoms with van der Waals surface area (Å²) in [6.07, 6.45) is 0. The number of hydrogen-bond acceptors (Lipinski definition) is 4. The van der Waals surface area contributed by atoms with Crippen LogP contribution >= 0.6 is 0 Å². The van der Waals surface area contributed by atoms with Gasteiger partial charge in [0.2, 0.25) is 0 Å². The van der Waals surface area contributed by atoms with Crippen LogP contribution in [0.15, 0.2) is 30.3 Å². The highest BCUT2D eigenvalue weighted by atomic mass is 16.5. The predicted molar refractivity (Wildman–Crippen MR) is 79.4 cm³/mol. The summed E-state index contributed by atoms with van der Waals surface area (Å²) in [4.78, 5) is 16.4. The highest BCUT2D eigenvalue weighted by Gasteiger charge is 2.26. The third-order valence-electron chi connectivity index (χ3n) is 3.83. The number of ether oxygens (including phenoxy) is 1. The molecule has 0 aromatic heterocycles. The quantitative estimate of drug-likeness (QED) is 0.767. The van der Waals surface area contributed by atoms with Crippen LogP contribution in [0.4, 0.5) is 0 Å².